The number of hydrogen-bond donors (Lipinski definition) is 5. The molecule has 150 valence electrons. The number of aliphatic hydroxyl groups excluding tert-OH is 2. The van der Waals surface area contributed by atoms with E-state index in [1.54, 1.807) is 11.9 Å². The number of urea groups is 1. The van der Waals surface area contributed by atoms with Gasteiger partial charge in [-0.1, -0.05) is 6.42 Å². The zero-order valence-corrected chi connectivity index (χ0v) is 15.9. The van der Waals surface area contributed by atoms with Crippen molar-refractivity contribution in [3.05, 3.63) is 0 Å². The Morgan fingerprint density at radius 3 is 2.92 bits per heavy atom. The lowest BCUT2D eigenvalue weighted by atomic mass is 10.0. The summed E-state index contributed by atoms with van der Waals surface area (Å²) in [5.41, 5.74) is 0. The second kappa shape index (κ2) is 10.3. The Bertz CT molecular complexity index is 484. The maximum atomic E-state index is 11.4. The molecule has 10 heteroatoms. The number of thioether (sulfide) groups is 1. The van der Waals surface area contributed by atoms with Gasteiger partial charge in [0.2, 0.25) is 0 Å². The molecule has 2 aliphatic heterocycles. The van der Waals surface area contributed by atoms with E-state index in [0.717, 1.165) is 25.0 Å². The molecule has 2 heterocycles. The van der Waals surface area contributed by atoms with Crippen LogP contribution in [0.4, 0.5) is 4.79 Å². The Hall–Kier alpha value is -1.07. The molecule has 2 amide bonds. The van der Waals surface area contributed by atoms with Gasteiger partial charge in [0.25, 0.3) is 0 Å². The van der Waals surface area contributed by atoms with E-state index in [-0.39, 0.29) is 18.1 Å². The van der Waals surface area contributed by atoms with Gasteiger partial charge in [0.05, 0.1) is 18.7 Å². The van der Waals surface area contributed by atoms with Crippen LogP contribution < -0.4 is 16.0 Å². The summed E-state index contributed by atoms with van der Waals surface area (Å²) in [6.07, 6.45) is 3.02. The number of rotatable bonds is 12. The van der Waals surface area contributed by atoms with E-state index in [2.05, 4.69) is 16.0 Å². The standard InChI is InChI=1S/C16H30N4O5S/c1-20(7-6-17-10(8-21)15(23)24)13(22)5-3-2-4-12-14-11(9-26-12)18-16(25)19-14/h10-14,17,21-22H,2-9H2,1H3,(H,23,24)(H2,18,19,25)/p+1. The molecule has 2 saturated heterocycles. The minimum absolute atomic E-state index is 0.0634. The second-order valence-corrected chi connectivity index (χ2v) is 8.19. The normalized spacial score (nSPS) is 27.1. The molecule has 7 N–H and O–H groups in total. The first kappa shape index (κ1) is 21.2. The van der Waals surface area contributed by atoms with E-state index in [0.29, 0.717) is 24.8 Å². The van der Waals surface area contributed by atoms with Crippen LogP contribution in [0, 0.1) is 0 Å². The third kappa shape index (κ3) is 5.98. The first-order valence-electron chi connectivity index (χ1n) is 9.09. The number of fused-ring (bicyclic) bond motifs is 1. The predicted octanol–water partition coefficient (Wildman–Crippen LogP) is -1.84. The second-order valence-electron chi connectivity index (χ2n) is 6.92. The Kier molecular flexibility index (Phi) is 8.42. The monoisotopic (exact) mass is 391 g/mol. The van der Waals surface area contributed by atoms with Gasteiger partial charge in [0.1, 0.15) is 6.23 Å². The van der Waals surface area contributed by atoms with Crippen molar-refractivity contribution in [3.63, 3.8) is 0 Å². The van der Waals surface area contributed by atoms with Crippen LogP contribution in [0.3, 0.4) is 0 Å². The number of unbranched alkanes of at least 4 members (excludes halogenated alkanes) is 1. The largest absolute Gasteiger partial charge is 0.563 e. The van der Waals surface area contributed by atoms with Crippen molar-refractivity contribution in [2.75, 3.05) is 32.5 Å². The fourth-order valence-corrected chi connectivity index (χ4v) is 4.88. The van der Waals surface area contributed by atoms with Crippen LogP contribution in [0.15, 0.2) is 0 Å². The van der Waals surface area contributed by atoms with Crippen LogP contribution in [0.5, 0.6) is 0 Å². The number of likely N-dealkylation sites (N-methyl/N-ethyl adjacent to an activating group) is 1. The van der Waals surface area contributed by atoms with Crippen molar-refractivity contribution in [1.29, 1.82) is 0 Å². The molecular weight excluding hydrogens is 360 g/mol. The highest BCUT2D eigenvalue weighted by Crippen LogP contribution is 2.33. The number of amides is 2. The third-order valence-corrected chi connectivity index (χ3v) is 6.51. The van der Waals surface area contributed by atoms with E-state index in [1.165, 1.54) is 0 Å². The van der Waals surface area contributed by atoms with E-state index < -0.39 is 24.8 Å². The average Bonchev–Trinajstić information content (AvgIpc) is 3.14. The SMILES string of the molecule is CN(CCNC(CO)C(=O)[OH2+])C(O)CCCCC1SCC2NC(=O)NC21. The number of aliphatic hydroxyl groups is 2. The summed E-state index contributed by atoms with van der Waals surface area (Å²) in [7, 11) is 1.81. The van der Waals surface area contributed by atoms with Crippen molar-refractivity contribution in [3.8, 4) is 0 Å². The summed E-state index contributed by atoms with van der Waals surface area (Å²) < 4.78 is 0. The smallest absolute Gasteiger partial charge is 0.535 e. The Morgan fingerprint density at radius 2 is 2.23 bits per heavy atom. The van der Waals surface area contributed by atoms with Gasteiger partial charge >= 0.3 is 12.0 Å². The molecule has 0 bridgehead atoms. The molecule has 0 saturated carbocycles. The lowest BCUT2D eigenvalue weighted by molar-refractivity contribution is -0.140. The first-order valence-corrected chi connectivity index (χ1v) is 10.1. The maximum absolute atomic E-state index is 11.4. The lowest BCUT2D eigenvalue weighted by Crippen LogP contribution is -2.44. The summed E-state index contributed by atoms with van der Waals surface area (Å²) in [6, 6.07) is -0.448. The summed E-state index contributed by atoms with van der Waals surface area (Å²) in [5.74, 6) is 0.124. The summed E-state index contributed by atoms with van der Waals surface area (Å²) >= 11 is 1.90. The van der Waals surface area contributed by atoms with Crippen molar-refractivity contribution >= 4 is 23.8 Å². The van der Waals surface area contributed by atoms with Gasteiger partial charge in [-0.05, 0) is 26.3 Å². The Labute approximate surface area is 157 Å². The molecule has 2 aliphatic rings. The molecule has 2 rings (SSSR count). The number of carbonyl (C=O) groups excluding carboxylic acids is 2. The highest BCUT2D eigenvalue weighted by atomic mass is 32.2. The summed E-state index contributed by atoms with van der Waals surface area (Å²) in [4.78, 5) is 24.1. The minimum atomic E-state index is -0.862. The fourth-order valence-electron chi connectivity index (χ4n) is 3.34. The molecule has 2 fully saturated rings. The molecule has 9 nitrogen and oxygen atoms in total. The zero-order valence-electron chi connectivity index (χ0n) is 15.1. The van der Waals surface area contributed by atoms with E-state index >= 15 is 0 Å². The average molecular weight is 392 g/mol. The van der Waals surface area contributed by atoms with Gasteiger partial charge in [0.15, 0.2) is 6.04 Å². The lowest BCUT2D eigenvalue weighted by Gasteiger charge is -2.24. The maximum Gasteiger partial charge on any atom is 0.535 e. The first-order chi connectivity index (χ1) is 12.4. The van der Waals surface area contributed by atoms with Crippen molar-refractivity contribution in [2.24, 2.45) is 0 Å². The van der Waals surface area contributed by atoms with Gasteiger partial charge in [-0.3, -0.25) is 10.2 Å². The molecule has 0 aromatic carbocycles. The third-order valence-electron chi connectivity index (χ3n) is 5.00. The highest BCUT2D eigenvalue weighted by Gasteiger charge is 2.42. The predicted molar refractivity (Wildman–Crippen MR) is 100 cm³/mol. The number of carbonyl (C=O) groups is 2. The van der Waals surface area contributed by atoms with Crippen molar-refractivity contribution in [1.82, 2.24) is 20.9 Å². The molecule has 26 heavy (non-hydrogen) atoms. The van der Waals surface area contributed by atoms with Crippen LogP contribution in [0.1, 0.15) is 25.7 Å². The zero-order chi connectivity index (χ0) is 19.1. The molecule has 0 aromatic rings. The quantitative estimate of drug-likeness (QED) is 0.114. The highest BCUT2D eigenvalue weighted by molar-refractivity contribution is 8.00. The van der Waals surface area contributed by atoms with Gasteiger partial charge in [-0.2, -0.15) is 11.8 Å². The van der Waals surface area contributed by atoms with Crippen molar-refractivity contribution in [2.45, 2.75) is 55.3 Å². The topological polar surface area (TPSA) is 137 Å². The van der Waals surface area contributed by atoms with E-state index in [1.807, 2.05) is 11.8 Å². The molecule has 5 atom stereocenters. The van der Waals surface area contributed by atoms with Gasteiger partial charge in [0, 0.05) is 28.9 Å². The molecule has 0 radical (unpaired) electrons. The molecule has 0 spiro atoms. The summed E-state index contributed by atoms with van der Waals surface area (Å²) in [6.45, 7) is 0.536. The number of nitrogens with zero attached hydrogens (tertiary/aromatic N) is 1. The fraction of sp³-hybridized carbons (Fsp3) is 0.875. The summed E-state index contributed by atoms with van der Waals surface area (Å²) in [5, 5.41) is 35.3. The van der Waals surface area contributed by atoms with Gasteiger partial charge in [-0.15, -0.1) is 0 Å². The van der Waals surface area contributed by atoms with Crippen LogP contribution in [0.25, 0.3) is 0 Å². The Morgan fingerprint density at radius 1 is 1.46 bits per heavy atom. The molecular formula is C16H31N4O5S+. The van der Waals surface area contributed by atoms with Gasteiger partial charge < -0.3 is 26.0 Å². The molecule has 0 aliphatic carbocycles. The van der Waals surface area contributed by atoms with Crippen LogP contribution in [-0.4, -0.2) is 94.3 Å². The molecule has 5 unspecified atom stereocenters. The minimum Gasteiger partial charge on any atom is -0.563 e. The van der Waals surface area contributed by atoms with Crippen LogP contribution in [0.2, 0.25) is 0 Å². The van der Waals surface area contributed by atoms with E-state index in [9.17, 15) is 14.7 Å². The van der Waals surface area contributed by atoms with Crippen LogP contribution >= 0.6 is 11.8 Å². The van der Waals surface area contributed by atoms with Gasteiger partial charge in [-0.25, -0.2) is 4.79 Å². The molecule has 0 aromatic heterocycles. The number of hydrogen-bond acceptors (Lipinski definition) is 7. The number of nitrogens with one attached hydrogen (secondary N) is 3. The van der Waals surface area contributed by atoms with E-state index in [4.69, 9.17) is 10.2 Å². The van der Waals surface area contributed by atoms with Crippen molar-refractivity contribution < 1.29 is 24.9 Å². The Balaban J connectivity index is 1.56. The van der Waals surface area contributed by atoms with Crippen LogP contribution in [-0.2, 0) is 4.79 Å².